The molecule has 1 aliphatic carbocycles. The topological polar surface area (TPSA) is 65.4 Å². The quantitative estimate of drug-likeness (QED) is 0.615. The Bertz CT molecular complexity index is 1050. The number of amides is 1. The Morgan fingerprint density at radius 3 is 2.45 bits per heavy atom. The van der Waals surface area contributed by atoms with Gasteiger partial charge in [-0.1, -0.05) is 25.0 Å². The van der Waals surface area contributed by atoms with Gasteiger partial charge in [0, 0.05) is 23.7 Å². The fourth-order valence-electron chi connectivity index (χ4n) is 4.50. The summed E-state index contributed by atoms with van der Waals surface area (Å²) in [6.07, 6.45) is 8.16. The van der Waals surface area contributed by atoms with Crippen LogP contribution < -0.4 is 14.8 Å². The number of hydrogen-bond acceptors (Lipinski definition) is 4. The van der Waals surface area contributed by atoms with Crippen LogP contribution in [-0.2, 0) is 5.41 Å². The maximum absolute atomic E-state index is 13.0. The summed E-state index contributed by atoms with van der Waals surface area (Å²) in [5.41, 5.74) is 3.59. The number of ether oxygens (including phenoxy) is 2. The lowest BCUT2D eigenvalue weighted by atomic mass is 9.78. The van der Waals surface area contributed by atoms with E-state index in [-0.39, 0.29) is 11.3 Å². The van der Waals surface area contributed by atoms with Gasteiger partial charge in [-0.05, 0) is 55.7 Å². The summed E-state index contributed by atoms with van der Waals surface area (Å²) in [7, 11) is 3.29. The Hall–Kier alpha value is -3.28. The number of methoxy groups -OCH3 is 2. The van der Waals surface area contributed by atoms with Crippen LogP contribution in [0.1, 0.15) is 47.3 Å². The minimum Gasteiger partial charge on any atom is -0.497 e. The molecule has 0 spiro atoms. The number of nitrogens with one attached hydrogen (secondary N) is 1. The first kappa shape index (κ1) is 21.0. The number of hydrogen-bond donors (Lipinski definition) is 1. The van der Waals surface area contributed by atoms with E-state index in [0.717, 1.165) is 30.0 Å². The van der Waals surface area contributed by atoms with Gasteiger partial charge in [0.05, 0.1) is 31.9 Å². The number of carbonyl (C=O) groups excluding carboxylic acids is 1. The van der Waals surface area contributed by atoms with E-state index < -0.39 is 0 Å². The third-order valence-corrected chi connectivity index (χ3v) is 6.28. The second kappa shape index (κ2) is 8.84. The third kappa shape index (κ3) is 4.29. The molecule has 0 aliphatic heterocycles. The van der Waals surface area contributed by atoms with E-state index in [9.17, 15) is 4.79 Å². The van der Waals surface area contributed by atoms with E-state index in [4.69, 9.17) is 9.47 Å². The van der Waals surface area contributed by atoms with Crippen molar-refractivity contribution in [2.75, 3.05) is 20.8 Å². The molecule has 6 heteroatoms. The molecular weight excluding hydrogens is 390 g/mol. The van der Waals surface area contributed by atoms with Crippen molar-refractivity contribution in [1.82, 2.24) is 14.9 Å². The summed E-state index contributed by atoms with van der Waals surface area (Å²) < 4.78 is 12.7. The fraction of sp³-hybridized carbons (Fsp3) is 0.360. The molecular formula is C25H29N3O3. The second-order valence-electron chi connectivity index (χ2n) is 8.21. The number of imidazole rings is 1. The van der Waals surface area contributed by atoms with E-state index in [1.165, 1.54) is 18.4 Å². The predicted molar refractivity (Wildman–Crippen MR) is 120 cm³/mol. The molecule has 1 amide bonds. The highest BCUT2D eigenvalue weighted by atomic mass is 16.5. The van der Waals surface area contributed by atoms with Crippen molar-refractivity contribution < 1.29 is 14.3 Å². The van der Waals surface area contributed by atoms with Gasteiger partial charge < -0.3 is 19.4 Å². The zero-order valence-corrected chi connectivity index (χ0v) is 18.4. The Balaban J connectivity index is 1.51. The standard InChI is InChI=1S/C25H29N3O3/c1-18-15-28(17-27-18)22-11-6-19(14-23(22)31-3)24(29)26-16-25(12-4-5-13-25)20-7-9-21(30-2)10-8-20/h6-11,14-15,17H,4-5,12-13,16H2,1-3H3,(H,26,29). The highest BCUT2D eigenvalue weighted by Crippen LogP contribution is 2.41. The summed E-state index contributed by atoms with van der Waals surface area (Å²) in [5.74, 6) is 1.39. The number of aromatic nitrogens is 2. The van der Waals surface area contributed by atoms with Gasteiger partial charge in [0.2, 0.25) is 0 Å². The molecule has 1 aromatic heterocycles. The first-order valence-electron chi connectivity index (χ1n) is 10.7. The number of benzene rings is 2. The van der Waals surface area contributed by atoms with Crippen molar-refractivity contribution >= 4 is 5.91 Å². The highest BCUT2D eigenvalue weighted by Gasteiger charge is 2.36. The Labute approximate surface area is 183 Å². The monoisotopic (exact) mass is 419 g/mol. The second-order valence-corrected chi connectivity index (χ2v) is 8.21. The van der Waals surface area contributed by atoms with Gasteiger partial charge in [-0.3, -0.25) is 4.79 Å². The molecule has 1 N–H and O–H groups in total. The van der Waals surface area contributed by atoms with E-state index in [2.05, 4.69) is 22.4 Å². The zero-order valence-electron chi connectivity index (χ0n) is 18.4. The summed E-state index contributed by atoms with van der Waals surface area (Å²) in [4.78, 5) is 17.3. The molecule has 31 heavy (non-hydrogen) atoms. The molecule has 0 radical (unpaired) electrons. The summed E-state index contributed by atoms with van der Waals surface area (Å²) >= 11 is 0. The lowest BCUT2D eigenvalue weighted by Gasteiger charge is -2.30. The molecule has 4 rings (SSSR count). The van der Waals surface area contributed by atoms with Crippen LogP contribution >= 0.6 is 0 Å². The van der Waals surface area contributed by atoms with E-state index in [1.54, 1.807) is 26.6 Å². The average Bonchev–Trinajstić information content (AvgIpc) is 3.47. The molecule has 162 valence electrons. The smallest absolute Gasteiger partial charge is 0.251 e. The Morgan fingerprint density at radius 2 is 1.84 bits per heavy atom. The molecule has 1 heterocycles. The molecule has 1 saturated carbocycles. The van der Waals surface area contributed by atoms with Crippen LogP contribution in [-0.4, -0.2) is 36.2 Å². The van der Waals surface area contributed by atoms with E-state index >= 15 is 0 Å². The van der Waals surface area contributed by atoms with Crippen LogP contribution in [0.15, 0.2) is 55.0 Å². The molecule has 0 bridgehead atoms. The molecule has 2 aromatic carbocycles. The molecule has 1 fully saturated rings. The van der Waals surface area contributed by atoms with Crippen LogP contribution in [0.4, 0.5) is 0 Å². The fourth-order valence-corrected chi connectivity index (χ4v) is 4.50. The highest BCUT2D eigenvalue weighted by molar-refractivity contribution is 5.95. The number of nitrogens with zero attached hydrogens (tertiary/aromatic N) is 2. The van der Waals surface area contributed by atoms with Crippen molar-refractivity contribution in [3.8, 4) is 17.2 Å². The lowest BCUT2D eigenvalue weighted by molar-refractivity contribution is 0.0942. The van der Waals surface area contributed by atoms with Gasteiger partial charge in [0.25, 0.3) is 5.91 Å². The van der Waals surface area contributed by atoms with Crippen molar-refractivity contribution in [3.63, 3.8) is 0 Å². The van der Waals surface area contributed by atoms with Crippen LogP contribution in [0.2, 0.25) is 0 Å². The van der Waals surface area contributed by atoms with Gasteiger partial charge in [-0.25, -0.2) is 4.98 Å². The average molecular weight is 420 g/mol. The van der Waals surface area contributed by atoms with Crippen molar-refractivity contribution in [1.29, 1.82) is 0 Å². The predicted octanol–water partition coefficient (Wildman–Crippen LogP) is 4.44. The minimum absolute atomic E-state index is 0.0275. The minimum atomic E-state index is -0.0913. The Morgan fingerprint density at radius 1 is 1.10 bits per heavy atom. The lowest BCUT2D eigenvalue weighted by Crippen LogP contribution is -2.39. The summed E-state index contributed by atoms with van der Waals surface area (Å²) in [5, 5.41) is 3.18. The summed E-state index contributed by atoms with van der Waals surface area (Å²) in [6, 6.07) is 13.8. The Kier molecular flexibility index (Phi) is 5.98. The number of carbonyl (C=O) groups is 1. The van der Waals surface area contributed by atoms with E-state index in [1.807, 2.05) is 42.0 Å². The van der Waals surface area contributed by atoms with Crippen molar-refractivity contribution in [2.45, 2.75) is 38.0 Å². The van der Waals surface area contributed by atoms with Gasteiger partial charge in [-0.15, -0.1) is 0 Å². The van der Waals surface area contributed by atoms with Crippen LogP contribution in [0.5, 0.6) is 11.5 Å². The molecule has 0 saturated heterocycles. The van der Waals surface area contributed by atoms with E-state index in [0.29, 0.717) is 17.9 Å². The first-order valence-corrected chi connectivity index (χ1v) is 10.7. The first-order chi connectivity index (χ1) is 15.0. The molecule has 3 aromatic rings. The third-order valence-electron chi connectivity index (χ3n) is 6.28. The summed E-state index contributed by atoms with van der Waals surface area (Å²) in [6.45, 7) is 2.55. The number of aryl methyl sites for hydroxylation is 1. The zero-order chi connectivity index (χ0) is 21.8. The van der Waals surface area contributed by atoms with Gasteiger partial charge in [0.15, 0.2) is 0 Å². The molecule has 1 aliphatic rings. The molecule has 6 nitrogen and oxygen atoms in total. The van der Waals surface area contributed by atoms with Crippen LogP contribution in [0.3, 0.4) is 0 Å². The normalized spacial score (nSPS) is 14.9. The maximum atomic E-state index is 13.0. The van der Waals surface area contributed by atoms with Crippen molar-refractivity contribution in [3.05, 3.63) is 71.8 Å². The van der Waals surface area contributed by atoms with Gasteiger partial charge in [0.1, 0.15) is 11.5 Å². The van der Waals surface area contributed by atoms with Crippen LogP contribution in [0.25, 0.3) is 5.69 Å². The van der Waals surface area contributed by atoms with Gasteiger partial charge in [-0.2, -0.15) is 0 Å². The van der Waals surface area contributed by atoms with Crippen LogP contribution in [0, 0.1) is 6.92 Å². The molecule has 0 atom stereocenters. The molecule has 0 unspecified atom stereocenters. The van der Waals surface area contributed by atoms with Gasteiger partial charge >= 0.3 is 0 Å². The SMILES string of the molecule is COc1ccc(C2(CNC(=O)c3ccc(-n4cnc(C)c4)c(OC)c3)CCCC2)cc1. The number of rotatable bonds is 7. The largest absolute Gasteiger partial charge is 0.497 e. The maximum Gasteiger partial charge on any atom is 0.251 e. The van der Waals surface area contributed by atoms with Crippen molar-refractivity contribution in [2.24, 2.45) is 0 Å².